The number of nitrogens with zero attached hydrogens (tertiary/aromatic N) is 1. The van der Waals surface area contributed by atoms with E-state index in [4.69, 9.17) is 0 Å². The van der Waals surface area contributed by atoms with E-state index in [9.17, 15) is 0 Å². The van der Waals surface area contributed by atoms with Gasteiger partial charge in [0.05, 0.1) is 14.4 Å². The summed E-state index contributed by atoms with van der Waals surface area (Å²) in [6.45, 7) is 4.14. The maximum Gasteiger partial charge on any atom is 0.134 e. The molecule has 13 heavy (non-hydrogen) atoms. The van der Waals surface area contributed by atoms with Crippen molar-refractivity contribution in [1.82, 2.24) is 4.98 Å². The average Bonchev–Trinajstić information content (AvgIpc) is 2.60. The van der Waals surface area contributed by atoms with E-state index in [-0.39, 0.29) is 0 Å². The van der Waals surface area contributed by atoms with Crippen LogP contribution >= 0.6 is 38.6 Å². The minimum absolute atomic E-state index is 1.08. The van der Waals surface area contributed by atoms with Crippen molar-refractivity contribution >= 4 is 38.6 Å². The van der Waals surface area contributed by atoms with E-state index < -0.39 is 0 Å². The summed E-state index contributed by atoms with van der Waals surface area (Å²) < 4.78 is 1.13. The number of thiophene rings is 1. The summed E-state index contributed by atoms with van der Waals surface area (Å²) >= 11 is 6.94. The molecule has 0 radical (unpaired) electrons. The highest BCUT2D eigenvalue weighted by atomic mass is 79.9. The number of rotatable bonds is 1. The summed E-state index contributed by atoms with van der Waals surface area (Å²) in [4.78, 5) is 5.79. The average molecular weight is 274 g/mol. The number of hydrogen-bond donors (Lipinski definition) is 0. The van der Waals surface area contributed by atoms with E-state index in [2.05, 4.69) is 39.3 Å². The van der Waals surface area contributed by atoms with Gasteiger partial charge in [0.15, 0.2) is 0 Å². The molecule has 0 N–H and O–H groups in total. The molecule has 0 saturated heterocycles. The fourth-order valence-electron chi connectivity index (χ4n) is 1.07. The second-order valence-corrected chi connectivity index (χ2v) is 6.04. The van der Waals surface area contributed by atoms with Crippen LogP contribution in [0.2, 0.25) is 0 Å². The Morgan fingerprint density at radius 2 is 2.15 bits per heavy atom. The standard InChI is InChI=1S/C9H8BrNS2/c1-5-3-4-12-7(5)9-11-6(2)8(10)13-9/h3-4H,1-2H3. The first-order chi connectivity index (χ1) is 6.18. The van der Waals surface area contributed by atoms with Crippen LogP contribution in [-0.2, 0) is 0 Å². The third-order valence-corrected chi connectivity index (χ3v) is 4.97. The molecule has 2 rings (SSSR count). The van der Waals surface area contributed by atoms with Crippen LogP contribution in [0.15, 0.2) is 15.2 Å². The second-order valence-electron chi connectivity index (χ2n) is 2.81. The van der Waals surface area contributed by atoms with E-state index in [1.54, 1.807) is 22.7 Å². The smallest absolute Gasteiger partial charge is 0.134 e. The minimum Gasteiger partial charge on any atom is -0.239 e. The number of thiazole rings is 1. The Morgan fingerprint density at radius 3 is 2.62 bits per heavy atom. The Kier molecular flexibility index (Phi) is 2.53. The SMILES string of the molecule is Cc1ccsc1-c1nc(C)c(Br)s1. The van der Waals surface area contributed by atoms with E-state index in [0.29, 0.717) is 0 Å². The molecule has 2 aromatic rings. The molecule has 2 aromatic heterocycles. The van der Waals surface area contributed by atoms with Crippen LogP contribution in [0.5, 0.6) is 0 Å². The molecule has 0 aromatic carbocycles. The maximum atomic E-state index is 4.50. The Labute approximate surface area is 93.6 Å². The summed E-state index contributed by atoms with van der Waals surface area (Å²) in [5.74, 6) is 0. The lowest BCUT2D eigenvalue weighted by Gasteiger charge is -1.90. The molecule has 1 nitrogen and oxygen atoms in total. The van der Waals surface area contributed by atoms with Crippen molar-refractivity contribution in [3.63, 3.8) is 0 Å². The van der Waals surface area contributed by atoms with Gasteiger partial charge in [0, 0.05) is 0 Å². The summed E-state index contributed by atoms with van der Waals surface area (Å²) in [6.07, 6.45) is 0. The molecule has 0 bridgehead atoms. The molecule has 0 saturated carbocycles. The van der Waals surface area contributed by atoms with Gasteiger partial charge in [-0.3, -0.25) is 0 Å². The monoisotopic (exact) mass is 273 g/mol. The van der Waals surface area contributed by atoms with E-state index in [1.807, 2.05) is 6.92 Å². The lowest BCUT2D eigenvalue weighted by molar-refractivity contribution is 1.26. The lowest BCUT2D eigenvalue weighted by Crippen LogP contribution is -1.74. The Hall–Kier alpha value is -0.190. The first-order valence-electron chi connectivity index (χ1n) is 3.86. The van der Waals surface area contributed by atoms with Gasteiger partial charge in [0.1, 0.15) is 5.01 Å². The molecule has 0 atom stereocenters. The van der Waals surface area contributed by atoms with Crippen molar-refractivity contribution in [3.05, 3.63) is 26.5 Å². The van der Waals surface area contributed by atoms with Gasteiger partial charge >= 0.3 is 0 Å². The molecule has 0 amide bonds. The highest BCUT2D eigenvalue weighted by Gasteiger charge is 2.09. The molecule has 0 aliphatic carbocycles. The second kappa shape index (κ2) is 3.52. The van der Waals surface area contributed by atoms with Gasteiger partial charge in [-0.1, -0.05) is 0 Å². The first-order valence-corrected chi connectivity index (χ1v) is 6.35. The van der Waals surface area contributed by atoms with Gasteiger partial charge in [0.2, 0.25) is 0 Å². The molecule has 0 aliphatic heterocycles. The number of halogens is 1. The predicted molar refractivity (Wildman–Crippen MR) is 62.6 cm³/mol. The quantitative estimate of drug-likeness (QED) is 0.757. The molecule has 0 fully saturated rings. The number of aryl methyl sites for hydroxylation is 2. The topological polar surface area (TPSA) is 12.9 Å². The molecule has 2 heterocycles. The molecular formula is C9H8BrNS2. The van der Waals surface area contributed by atoms with Crippen LogP contribution in [0.25, 0.3) is 9.88 Å². The third kappa shape index (κ3) is 1.71. The zero-order valence-electron chi connectivity index (χ0n) is 7.30. The van der Waals surface area contributed by atoms with Crippen LogP contribution in [0.1, 0.15) is 11.3 Å². The van der Waals surface area contributed by atoms with Gasteiger partial charge in [-0.15, -0.1) is 22.7 Å². The summed E-state index contributed by atoms with van der Waals surface area (Å²) in [5, 5.41) is 3.23. The molecule has 4 heteroatoms. The molecule has 0 aliphatic rings. The van der Waals surface area contributed by atoms with Crippen LogP contribution in [0.3, 0.4) is 0 Å². The molecular weight excluding hydrogens is 266 g/mol. The lowest BCUT2D eigenvalue weighted by atomic mass is 10.3. The van der Waals surface area contributed by atoms with Gasteiger partial charge in [-0.25, -0.2) is 4.98 Å². The minimum atomic E-state index is 1.08. The van der Waals surface area contributed by atoms with Gasteiger partial charge in [-0.2, -0.15) is 0 Å². The van der Waals surface area contributed by atoms with Gasteiger partial charge < -0.3 is 0 Å². The van der Waals surface area contributed by atoms with Gasteiger partial charge in [-0.05, 0) is 46.8 Å². The number of hydrogen-bond acceptors (Lipinski definition) is 3. The zero-order valence-corrected chi connectivity index (χ0v) is 10.5. The maximum absolute atomic E-state index is 4.50. The van der Waals surface area contributed by atoms with Crippen molar-refractivity contribution in [1.29, 1.82) is 0 Å². The molecule has 68 valence electrons. The van der Waals surface area contributed by atoms with Crippen LogP contribution in [0.4, 0.5) is 0 Å². The van der Waals surface area contributed by atoms with Crippen LogP contribution < -0.4 is 0 Å². The zero-order chi connectivity index (χ0) is 9.42. The fraction of sp³-hybridized carbons (Fsp3) is 0.222. The fourth-order valence-corrected chi connectivity index (χ4v) is 3.49. The van der Waals surface area contributed by atoms with Gasteiger partial charge in [0.25, 0.3) is 0 Å². The van der Waals surface area contributed by atoms with Crippen LogP contribution in [0, 0.1) is 13.8 Å². The number of aromatic nitrogens is 1. The molecule has 0 spiro atoms. The van der Waals surface area contributed by atoms with E-state index in [0.717, 1.165) is 14.5 Å². The highest BCUT2D eigenvalue weighted by Crippen LogP contribution is 2.35. The Balaban J connectivity index is 2.53. The first kappa shape index (κ1) is 9.37. The van der Waals surface area contributed by atoms with Crippen molar-refractivity contribution in [2.45, 2.75) is 13.8 Å². The predicted octanol–water partition coefficient (Wildman–Crippen LogP) is 4.25. The van der Waals surface area contributed by atoms with Crippen LogP contribution in [-0.4, -0.2) is 4.98 Å². The third-order valence-electron chi connectivity index (χ3n) is 1.80. The van der Waals surface area contributed by atoms with Crippen molar-refractivity contribution < 1.29 is 0 Å². The van der Waals surface area contributed by atoms with E-state index in [1.165, 1.54) is 10.4 Å². The Morgan fingerprint density at radius 1 is 1.38 bits per heavy atom. The van der Waals surface area contributed by atoms with Crippen molar-refractivity contribution in [2.24, 2.45) is 0 Å². The summed E-state index contributed by atoms with van der Waals surface area (Å²) in [7, 11) is 0. The Bertz CT molecular complexity index is 411. The summed E-state index contributed by atoms with van der Waals surface area (Å²) in [6, 6.07) is 2.13. The normalized spacial score (nSPS) is 10.7. The highest BCUT2D eigenvalue weighted by molar-refractivity contribution is 9.11. The van der Waals surface area contributed by atoms with E-state index >= 15 is 0 Å². The largest absolute Gasteiger partial charge is 0.239 e. The molecule has 0 unspecified atom stereocenters. The van der Waals surface area contributed by atoms with Crippen molar-refractivity contribution in [2.75, 3.05) is 0 Å². The summed E-state index contributed by atoms with van der Waals surface area (Å²) in [5.41, 5.74) is 2.39. The van der Waals surface area contributed by atoms with Crippen molar-refractivity contribution in [3.8, 4) is 9.88 Å².